The fraction of sp³-hybridized carbons (Fsp3) is 0.538. The minimum absolute atomic E-state index is 0.521. The van der Waals surface area contributed by atoms with Crippen molar-refractivity contribution in [3.63, 3.8) is 0 Å². The lowest BCUT2D eigenvalue weighted by Crippen LogP contribution is -2.28. The van der Waals surface area contributed by atoms with Crippen LogP contribution in [0.1, 0.15) is 64.4 Å². The summed E-state index contributed by atoms with van der Waals surface area (Å²) in [6.07, 6.45) is 13.3. The van der Waals surface area contributed by atoms with Gasteiger partial charge in [0.1, 0.15) is 0 Å². The number of methoxy groups -OCH3 is 1. The second kappa shape index (κ2) is 8.69. The van der Waals surface area contributed by atoms with Gasteiger partial charge >= 0.3 is 0 Å². The van der Waals surface area contributed by atoms with Gasteiger partial charge in [-0.1, -0.05) is 19.1 Å². The molecular weight excluding hydrogens is 358 g/mol. The van der Waals surface area contributed by atoms with Crippen molar-refractivity contribution in [3.05, 3.63) is 59.0 Å². The van der Waals surface area contributed by atoms with Crippen molar-refractivity contribution >= 4 is 0 Å². The average Bonchev–Trinajstić information content (AvgIpc) is 3.60. The first-order valence-electron chi connectivity index (χ1n) is 11.2. The third-order valence-corrected chi connectivity index (χ3v) is 6.40. The summed E-state index contributed by atoms with van der Waals surface area (Å²) in [5, 5.41) is 0. The Morgan fingerprint density at radius 3 is 2.38 bits per heavy atom. The smallest absolute Gasteiger partial charge is 0.161 e. The zero-order valence-corrected chi connectivity index (χ0v) is 18.4. The summed E-state index contributed by atoms with van der Waals surface area (Å²) in [7, 11) is 1.73. The van der Waals surface area contributed by atoms with E-state index in [2.05, 4.69) is 62.1 Å². The number of allylic oxidation sites excluding steroid dienone is 6. The third-order valence-electron chi connectivity index (χ3n) is 6.40. The second-order valence-corrected chi connectivity index (χ2v) is 8.90. The minimum Gasteiger partial charge on any atom is -0.493 e. The van der Waals surface area contributed by atoms with Crippen molar-refractivity contribution in [2.75, 3.05) is 20.3 Å². The highest BCUT2D eigenvalue weighted by molar-refractivity contribution is 5.45. The van der Waals surface area contributed by atoms with Gasteiger partial charge in [0.25, 0.3) is 0 Å². The fourth-order valence-corrected chi connectivity index (χ4v) is 4.35. The van der Waals surface area contributed by atoms with Gasteiger partial charge in [-0.15, -0.1) is 0 Å². The van der Waals surface area contributed by atoms with E-state index in [4.69, 9.17) is 9.47 Å². The highest BCUT2D eigenvalue weighted by Gasteiger charge is 2.35. The summed E-state index contributed by atoms with van der Waals surface area (Å²) in [6.45, 7) is 8.52. The Morgan fingerprint density at radius 2 is 1.79 bits per heavy atom. The molecule has 3 aliphatic rings. The van der Waals surface area contributed by atoms with Crippen LogP contribution in [0.4, 0.5) is 0 Å². The summed E-state index contributed by atoms with van der Waals surface area (Å²) in [4.78, 5) is 2.49. The van der Waals surface area contributed by atoms with Gasteiger partial charge in [0.15, 0.2) is 11.5 Å². The first kappa shape index (κ1) is 20.1. The van der Waals surface area contributed by atoms with Crippen LogP contribution in [0.3, 0.4) is 0 Å². The molecule has 0 aromatic heterocycles. The van der Waals surface area contributed by atoms with E-state index in [1.165, 1.54) is 48.2 Å². The summed E-state index contributed by atoms with van der Waals surface area (Å²) < 4.78 is 11.7. The van der Waals surface area contributed by atoms with Crippen molar-refractivity contribution in [2.24, 2.45) is 11.8 Å². The van der Waals surface area contributed by atoms with Crippen LogP contribution in [0.25, 0.3) is 0 Å². The Kier molecular flexibility index (Phi) is 6.03. The van der Waals surface area contributed by atoms with Gasteiger partial charge in [-0.3, -0.25) is 0 Å². The molecule has 2 saturated carbocycles. The van der Waals surface area contributed by atoms with E-state index in [0.29, 0.717) is 5.92 Å². The van der Waals surface area contributed by atoms with E-state index in [9.17, 15) is 0 Å². The van der Waals surface area contributed by atoms with Gasteiger partial charge in [0.2, 0.25) is 0 Å². The van der Waals surface area contributed by atoms with Crippen LogP contribution in [0.15, 0.2) is 53.4 Å². The number of ether oxygens (including phenoxy) is 2. The summed E-state index contributed by atoms with van der Waals surface area (Å²) in [5.41, 5.74) is 5.40. The highest BCUT2D eigenvalue weighted by Crippen LogP contribution is 2.46. The SMILES string of the molecule is CCC=C1C=C(C)N(CC(c2ccc(OC)c(OCC3CC3)c2)C2CC2)C(C)=C1. The van der Waals surface area contributed by atoms with E-state index in [-0.39, 0.29) is 0 Å². The minimum atomic E-state index is 0.521. The Morgan fingerprint density at radius 1 is 1.07 bits per heavy atom. The van der Waals surface area contributed by atoms with Crippen molar-refractivity contribution in [1.82, 2.24) is 4.90 Å². The normalized spacial score (nSPS) is 20.1. The van der Waals surface area contributed by atoms with E-state index >= 15 is 0 Å². The Labute approximate surface area is 176 Å². The average molecular weight is 394 g/mol. The quantitative estimate of drug-likeness (QED) is 0.482. The molecule has 1 atom stereocenters. The monoisotopic (exact) mass is 393 g/mol. The van der Waals surface area contributed by atoms with Crippen LogP contribution < -0.4 is 9.47 Å². The van der Waals surface area contributed by atoms with E-state index in [1.54, 1.807) is 7.11 Å². The first-order valence-corrected chi connectivity index (χ1v) is 11.2. The molecule has 0 N–H and O–H groups in total. The van der Waals surface area contributed by atoms with Crippen LogP contribution in [-0.4, -0.2) is 25.2 Å². The maximum Gasteiger partial charge on any atom is 0.161 e. The second-order valence-electron chi connectivity index (χ2n) is 8.90. The number of hydrogen-bond donors (Lipinski definition) is 0. The van der Waals surface area contributed by atoms with E-state index in [1.807, 2.05) is 0 Å². The lowest BCUT2D eigenvalue weighted by molar-refractivity contribution is 0.279. The van der Waals surface area contributed by atoms with E-state index < -0.39 is 0 Å². The molecular formula is C26H35NO2. The Balaban J connectivity index is 1.55. The number of benzene rings is 1. The molecule has 1 heterocycles. The predicted molar refractivity (Wildman–Crippen MR) is 119 cm³/mol. The van der Waals surface area contributed by atoms with Gasteiger partial charge in [-0.05, 0) is 93.2 Å². The van der Waals surface area contributed by atoms with Gasteiger partial charge in [-0.2, -0.15) is 0 Å². The lowest BCUT2D eigenvalue weighted by Gasteiger charge is -2.33. The van der Waals surface area contributed by atoms with Crippen molar-refractivity contribution in [2.45, 2.75) is 58.8 Å². The van der Waals surface area contributed by atoms with Crippen LogP contribution in [0.2, 0.25) is 0 Å². The predicted octanol–water partition coefficient (Wildman–Crippen LogP) is 6.44. The molecule has 1 aromatic rings. The molecule has 3 heteroatoms. The molecule has 1 aromatic carbocycles. The molecule has 0 amide bonds. The van der Waals surface area contributed by atoms with Gasteiger partial charge in [0, 0.05) is 23.9 Å². The standard InChI is InChI=1S/C26H35NO2/c1-5-6-21-13-18(2)27(19(3)14-21)16-24(22-9-10-22)23-11-12-25(28-4)26(15-23)29-17-20-7-8-20/h6,11-15,20,22,24H,5,7-10,16-17H2,1-4H3. The van der Waals surface area contributed by atoms with Crippen LogP contribution >= 0.6 is 0 Å². The molecule has 4 rings (SSSR count). The zero-order chi connectivity index (χ0) is 20.4. The Hall–Kier alpha value is -2.16. The van der Waals surface area contributed by atoms with Crippen LogP contribution in [0, 0.1) is 11.8 Å². The van der Waals surface area contributed by atoms with Crippen molar-refractivity contribution in [3.8, 4) is 11.5 Å². The number of rotatable bonds is 9. The molecule has 29 heavy (non-hydrogen) atoms. The fourth-order valence-electron chi connectivity index (χ4n) is 4.35. The summed E-state index contributed by atoms with van der Waals surface area (Å²) >= 11 is 0. The molecule has 1 unspecified atom stereocenters. The van der Waals surface area contributed by atoms with Gasteiger partial charge < -0.3 is 14.4 Å². The van der Waals surface area contributed by atoms with Gasteiger partial charge in [0.05, 0.1) is 13.7 Å². The topological polar surface area (TPSA) is 21.7 Å². The summed E-state index contributed by atoms with van der Waals surface area (Å²) in [6, 6.07) is 6.58. The molecule has 2 fully saturated rings. The molecule has 0 radical (unpaired) electrons. The third kappa shape index (κ3) is 4.88. The number of hydrogen-bond acceptors (Lipinski definition) is 3. The molecule has 1 aliphatic heterocycles. The lowest BCUT2D eigenvalue weighted by atomic mass is 9.92. The molecule has 0 saturated heterocycles. The van der Waals surface area contributed by atoms with Gasteiger partial charge in [-0.25, -0.2) is 0 Å². The maximum atomic E-state index is 6.15. The molecule has 2 aliphatic carbocycles. The largest absolute Gasteiger partial charge is 0.493 e. The highest BCUT2D eigenvalue weighted by atomic mass is 16.5. The van der Waals surface area contributed by atoms with Crippen molar-refractivity contribution in [1.29, 1.82) is 0 Å². The molecule has 3 nitrogen and oxygen atoms in total. The van der Waals surface area contributed by atoms with Crippen LogP contribution in [0.5, 0.6) is 11.5 Å². The van der Waals surface area contributed by atoms with E-state index in [0.717, 1.165) is 42.9 Å². The molecule has 0 bridgehead atoms. The van der Waals surface area contributed by atoms with Crippen molar-refractivity contribution < 1.29 is 9.47 Å². The summed E-state index contributed by atoms with van der Waals surface area (Å²) in [5.74, 6) is 3.79. The van der Waals surface area contributed by atoms with Crippen LogP contribution in [-0.2, 0) is 0 Å². The zero-order valence-electron chi connectivity index (χ0n) is 18.4. The first-order chi connectivity index (χ1) is 14.1. The number of nitrogens with zero attached hydrogens (tertiary/aromatic N) is 1. The molecule has 156 valence electrons. The molecule has 0 spiro atoms. The maximum absolute atomic E-state index is 6.15. The Bertz CT molecular complexity index is 805.